The molecule has 0 N–H and O–H groups in total. The number of carbonyl (C=O) groups is 2. The molecule has 1 aromatic carbocycles. The fourth-order valence-corrected chi connectivity index (χ4v) is 2.13. The van der Waals surface area contributed by atoms with E-state index in [0.717, 1.165) is 5.56 Å². The summed E-state index contributed by atoms with van der Waals surface area (Å²) in [6.45, 7) is 0.0651. The topological polar surface area (TPSA) is 92.1 Å². The number of rotatable bonds is 4. The van der Waals surface area contributed by atoms with Crippen molar-refractivity contribution in [3.8, 4) is 0 Å². The maximum Gasteiger partial charge on any atom is 0.326 e. The van der Waals surface area contributed by atoms with Gasteiger partial charge in [0, 0.05) is 11.3 Å². The van der Waals surface area contributed by atoms with Gasteiger partial charge in [0.2, 0.25) is 5.54 Å². The van der Waals surface area contributed by atoms with Gasteiger partial charge in [0.1, 0.15) is 6.61 Å². The average Bonchev–Trinajstić information content (AvgIpc) is 2.80. The van der Waals surface area contributed by atoms with Gasteiger partial charge < -0.3 is 4.74 Å². The van der Waals surface area contributed by atoms with Crippen LogP contribution in [0.2, 0.25) is 0 Å². The molecule has 0 bridgehead atoms. The number of benzene rings is 1. The van der Waals surface area contributed by atoms with Crippen molar-refractivity contribution < 1.29 is 14.3 Å². The molecule has 19 heavy (non-hydrogen) atoms. The van der Waals surface area contributed by atoms with Crippen molar-refractivity contribution in [2.45, 2.75) is 31.4 Å². The Hall–Kier alpha value is -2.33. The summed E-state index contributed by atoms with van der Waals surface area (Å²) in [6, 6.07) is 9.13. The molecular formula is C13H13N3O3. The first-order valence-corrected chi connectivity index (χ1v) is 6.00. The summed E-state index contributed by atoms with van der Waals surface area (Å²) in [4.78, 5) is 26.4. The maximum absolute atomic E-state index is 12.0. The second kappa shape index (κ2) is 5.54. The molecule has 6 nitrogen and oxygen atoms in total. The summed E-state index contributed by atoms with van der Waals surface area (Å²) in [5, 5.41) is 3.40. The van der Waals surface area contributed by atoms with Gasteiger partial charge in [0.15, 0.2) is 5.78 Å². The van der Waals surface area contributed by atoms with Crippen molar-refractivity contribution in [2.24, 2.45) is 5.11 Å². The monoisotopic (exact) mass is 259 g/mol. The van der Waals surface area contributed by atoms with Gasteiger partial charge >= 0.3 is 5.97 Å². The zero-order chi connectivity index (χ0) is 13.7. The third-order valence-corrected chi connectivity index (χ3v) is 3.17. The minimum Gasteiger partial charge on any atom is -0.460 e. The van der Waals surface area contributed by atoms with Gasteiger partial charge in [-0.2, -0.15) is 0 Å². The van der Waals surface area contributed by atoms with Crippen molar-refractivity contribution in [3.05, 3.63) is 46.3 Å². The van der Waals surface area contributed by atoms with Crippen molar-refractivity contribution >= 4 is 11.8 Å². The number of Topliss-reactive ketones (excluding diaryl/α,β-unsaturated/α-hetero) is 1. The molecule has 0 aromatic heterocycles. The van der Waals surface area contributed by atoms with Gasteiger partial charge in [-0.25, -0.2) is 0 Å². The lowest BCUT2D eigenvalue weighted by Crippen LogP contribution is -2.41. The van der Waals surface area contributed by atoms with Crippen LogP contribution in [-0.2, 0) is 20.9 Å². The minimum absolute atomic E-state index is 0.0651. The smallest absolute Gasteiger partial charge is 0.326 e. The molecule has 2 rings (SSSR count). The van der Waals surface area contributed by atoms with E-state index in [4.69, 9.17) is 10.3 Å². The van der Waals surface area contributed by atoms with Gasteiger partial charge in [-0.05, 0) is 23.9 Å². The van der Waals surface area contributed by atoms with E-state index in [1.165, 1.54) is 0 Å². The van der Waals surface area contributed by atoms with Crippen LogP contribution in [0.3, 0.4) is 0 Å². The first-order valence-electron chi connectivity index (χ1n) is 6.00. The largest absolute Gasteiger partial charge is 0.460 e. The second-order valence-electron chi connectivity index (χ2n) is 4.39. The molecular weight excluding hydrogens is 246 g/mol. The van der Waals surface area contributed by atoms with Crippen LogP contribution in [0, 0.1) is 0 Å². The molecule has 0 amide bonds. The molecule has 98 valence electrons. The standard InChI is InChI=1S/C13H13N3O3/c14-16-15-13(8-4-7-11(13)17)12(18)19-9-10-5-2-1-3-6-10/h1-3,5-6H,4,7-9H2/t13-/m1/s1. The number of esters is 1. The quantitative estimate of drug-likeness (QED) is 0.273. The lowest BCUT2D eigenvalue weighted by atomic mass is 9.98. The molecule has 1 aliphatic rings. The van der Waals surface area contributed by atoms with Crippen LogP contribution in [0.4, 0.5) is 0 Å². The van der Waals surface area contributed by atoms with E-state index in [9.17, 15) is 9.59 Å². The molecule has 0 aliphatic heterocycles. The van der Waals surface area contributed by atoms with Crippen LogP contribution in [0.1, 0.15) is 24.8 Å². The molecule has 1 fully saturated rings. The summed E-state index contributed by atoms with van der Waals surface area (Å²) < 4.78 is 5.11. The van der Waals surface area contributed by atoms with E-state index in [-0.39, 0.29) is 25.2 Å². The minimum atomic E-state index is -1.65. The van der Waals surface area contributed by atoms with Gasteiger partial charge in [-0.15, -0.1) is 0 Å². The summed E-state index contributed by atoms with van der Waals surface area (Å²) in [7, 11) is 0. The molecule has 0 unspecified atom stereocenters. The number of hydrogen-bond acceptors (Lipinski definition) is 4. The molecule has 0 heterocycles. The molecule has 0 radical (unpaired) electrons. The van der Waals surface area contributed by atoms with E-state index < -0.39 is 11.5 Å². The number of ether oxygens (including phenoxy) is 1. The molecule has 0 spiro atoms. The van der Waals surface area contributed by atoms with Gasteiger partial charge in [-0.3, -0.25) is 9.59 Å². The predicted molar refractivity (Wildman–Crippen MR) is 67.0 cm³/mol. The lowest BCUT2D eigenvalue weighted by Gasteiger charge is -2.19. The molecule has 1 saturated carbocycles. The van der Waals surface area contributed by atoms with E-state index in [0.29, 0.717) is 6.42 Å². The number of hydrogen-bond donors (Lipinski definition) is 0. The highest BCUT2D eigenvalue weighted by Gasteiger charge is 2.49. The van der Waals surface area contributed by atoms with Crippen LogP contribution in [0.15, 0.2) is 35.4 Å². The third-order valence-electron chi connectivity index (χ3n) is 3.17. The van der Waals surface area contributed by atoms with Gasteiger partial charge in [0.05, 0.1) is 0 Å². The highest BCUT2D eigenvalue weighted by atomic mass is 16.5. The lowest BCUT2D eigenvalue weighted by molar-refractivity contribution is -0.154. The van der Waals surface area contributed by atoms with Crippen molar-refractivity contribution in [2.75, 3.05) is 0 Å². The van der Waals surface area contributed by atoms with Gasteiger partial charge in [0.25, 0.3) is 0 Å². The summed E-state index contributed by atoms with van der Waals surface area (Å²) in [5.41, 5.74) is 7.71. The predicted octanol–water partition coefficient (Wildman–Crippen LogP) is 2.53. The average molecular weight is 259 g/mol. The van der Waals surface area contributed by atoms with Crippen LogP contribution >= 0.6 is 0 Å². The first-order chi connectivity index (χ1) is 9.19. The molecule has 1 aromatic rings. The summed E-state index contributed by atoms with van der Waals surface area (Å²) >= 11 is 0. The number of nitrogens with zero attached hydrogens (tertiary/aromatic N) is 3. The Morgan fingerprint density at radius 1 is 1.42 bits per heavy atom. The maximum atomic E-state index is 12.0. The van der Waals surface area contributed by atoms with Crippen molar-refractivity contribution in [1.82, 2.24) is 0 Å². The van der Waals surface area contributed by atoms with Crippen LogP contribution in [0.5, 0.6) is 0 Å². The zero-order valence-electron chi connectivity index (χ0n) is 10.3. The van der Waals surface area contributed by atoms with E-state index in [1.807, 2.05) is 30.3 Å². The van der Waals surface area contributed by atoms with E-state index in [1.54, 1.807) is 0 Å². The van der Waals surface area contributed by atoms with Crippen molar-refractivity contribution in [3.63, 3.8) is 0 Å². The Kier molecular flexibility index (Phi) is 3.82. The fourth-order valence-electron chi connectivity index (χ4n) is 2.13. The number of ketones is 1. The molecule has 1 atom stereocenters. The third kappa shape index (κ3) is 2.58. The Balaban J connectivity index is 2.09. The zero-order valence-corrected chi connectivity index (χ0v) is 10.3. The Morgan fingerprint density at radius 3 is 2.74 bits per heavy atom. The first kappa shape index (κ1) is 13.1. The summed E-state index contributed by atoms with van der Waals surface area (Å²) in [5.74, 6) is -1.11. The molecule has 0 saturated heterocycles. The normalized spacial score (nSPS) is 21.8. The molecule has 1 aliphatic carbocycles. The Bertz CT molecular complexity index is 537. The highest BCUT2D eigenvalue weighted by molar-refractivity contribution is 6.10. The Morgan fingerprint density at radius 2 is 2.16 bits per heavy atom. The fraction of sp³-hybridized carbons (Fsp3) is 0.385. The van der Waals surface area contributed by atoms with Crippen LogP contribution in [-0.4, -0.2) is 17.3 Å². The molecule has 6 heteroatoms. The second-order valence-corrected chi connectivity index (χ2v) is 4.39. The van der Waals surface area contributed by atoms with Crippen LogP contribution < -0.4 is 0 Å². The van der Waals surface area contributed by atoms with Crippen LogP contribution in [0.25, 0.3) is 10.4 Å². The SMILES string of the molecule is [N-]=[N+]=N[C@]1(C(=O)OCc2ccccc2)CCCC1=O. The van der Waals surface area contributed by atoms with E-state index in [2.05, 4.69) is 10.0 Å². The summed E-state index contributed by atoms with van der Waals surface area (Å²) in [6.07, 6.45) is 1.02. The number of carbonyl (C=O) groups excluding carboxylic acids is 2. The van der Waals surface area contributed by atoms with Gasteiger partial charge in [-0.1, -0.05) is 35.4 Å². The Labute approximate surface area is 110 Å². The van der Waals surface area contributed by atoms with E-state index >= 15 is 0 Å². The van der Waals surface area contributed by atoms with Crippen molar-refractivity contribution in [1.29, 1.82) is 0 Å². The number of azide groups is 1. The highest BCUT2D eigenvalue weighted by Crippen LogP contribution is 2.32.